The first kappa shape index (κ1) is 16.4. The molecule has 0 atom stereocenters. The highest BCUT2D eigenvalue weighted by molar-refractivity contribution is 9.11. The summed E-state index contributed by atoms with van der Waals surface area (Å²) >= 11 is 8.18. The zero-order valence-corrected chi connectivity index (χ0v) is 15.7. The Morgan fingerprint density at radius 3 is 2.96 bits per heavy atom. The van der Waals surface area contributed by atoms with Crippen molar-refractivity contribution in [1.29, 1.82) is 0 Å². The van der Waals surface area contributed by atoms with Gasteiger partial charge in [-0.15, -0.1) is 11.3 Å². The Balaban J connectivity index is 1.69. The second kappa shape index (κ2) is 6.94. The second-order valence-corrected chi connectivity index (χ2v) is 7.47. The minimum Gasteiger partial charge on any atom is -0.325 e. The number of hydrogen-bond acceptors (Lipinski definition) is 4. The van der Waals surface area contributed by atoms with Crippen molar-refractivity contribution in [3.63, 3.8) is 0 Å². The topological polar surface area (TPSA) is 64.0 Å². The molecule has 118 valence electrons. The molecule has 8 heteroatoms. The zero-order chi connectivity index (χ0) is 16.4. The van der Waals surface area contributed by atoms with Gasteiger partial charge in [-0.25, -0.2) is 4.98 Å². The zero-order valence-electron chi connectivity index (χ0n) is 11.8. The number of halogens is 2. The van der Waals surface area contributed by atoms with Crippen molar-refractivity contribution in [3.05, 3.63) is 55.3 Å². The summed E-state index contributed by atoms with van der Waals surface area (Å²) < 4.78 is 3.14. The number of anilines is 1. The summed E-state index contributed by atoms with van der Waals surface area (Å²) in [6.45, 7) is 0.287. The molecule has 0 aliphatic rings. The second-order valence-electron chi connectivity index (χ2n) is 4.80. The lowest BCUT2D eigenvalue weighted by molar-refractivity contribution is -0.116. The van der Waals surface area contributed by atoms with Crippen molar-refractivity contribution in [1.82, 2.24) is 9.55 Å². The van der Waals surface area contributed by atoms with Gasteiger partial charge in [0.2, 0.25) is 5.91 Å². The molecule has 0 aliphatic carbocycles. The molecule has 1 aromatic carbocycles. The summed E-state index contributed by atoms with van der Waals surface area (Å²) in [7, 11) is 0. The molecule has 1 amide bonds. The van der Waals surface area contributed by atoms with Crippen LogP contribution in [-0.4, -0.2) is 15.5 Å². The third kappa shape index (κ3) is 3.70. The highest BCUT2D eigenvalue weighted by Crippen LogP contribution is 2.26. The molecule has 1 N–H and O–H groups in total. The fourth-order valence-corrected chi connectivity index (χ4v) is 3.51. The van der Waals surface area contributed by atoms with Gasteiger partial charge in [-0.05, 0) is 45.6 Å². The summed E-state index contributed by atoms with van der Waals surface area (Å²) in [5, 5.41) is 5.25. The molecule has 2 aromatic heterocycles. The van der Waals surface area contributed by atoms with Gasteiger partial charge in [-0.1, -0.05) is 15.9 Å². The molecule has 0 fully saturated rings. The Labute approximate surface area is 152 Å². The Morgan fingerprint density at radius 1 is 1.30 bits per heavy atom. The first-order valence-electron chi connectivity index (χ1n) is 6.72. The number of benzene rings is 1. The number of aryl methyl sites for hydroxylation is 1. The van der Waals surface area contributed by atoms with E-state index in [1.165, 1.54) is 22.2 Å². The fourth-order valence-electron chi connectivity index (χ4n) is 2.08. The molecular formula is C15H11Br2N3O2S. The van der Waals surface area contributed by atoms with Crippen molar-refractivity contribution in [2.24, 2.45) is 0 Å². The number of hydrogen-bond donors (Lipinski definition) is 1. The molecule has 0 unspecified atom stereocenters. The maximum atomic E-state index is 12.2. The molecule has 0 aliphatic heterocycles. The van der Waals surface area contributed by atoms with Gasteiger partial charge in [0.15, 0.2) is 0 Å². The third-order valence-corrected chi connectivity index (χ3v) is 5.24. The number of nitrogens with zero attached hydrogens (tertiary/aromatic N) is 2. The van der Waals surface area contributed by atoms with E-state index in [1.807, 2.05) is 23.6 Å². The van der Waals surface area contributed by atoms with E-state index < -0.39 is 0 Å². The number of aromatic nitrogens is 2. The molecule has 0 saturated heterocycles. The predicted molar refractivity (Wildman–Crippen MR) is 99.0 cm³/mol. The number of fused-ring (bicyclic) bond motifs is 1. The lowest BCUT2D eigenvalue weighted by Crippen LogP contribution is -2.23. The summed E-state index contributed by atoms with van der Waals surface area (Å²) in [4.78, 5) is 29.3. The number of rotatable bonds is 4. The molecule has 3 aromatic rings. The number of nitrogens with one attached hydrogen (secondary N) is 1. The fraction of sp³-hybridized carbons (Fsp3) is 0.133. The first-order chi connectivity index (χ1) is 11.0. The van der Waals surface area contributed by atoms with Gasteiger partial charge in [0.1, 0.15) is 4.83 Å². The molecule has 5 nitrogen and oxygen atoms in total. The quantitative estimate of drug-likeness (QED) is 0.644. The SMILES string of the molecule is O=C(CCn1cnc2sccc2c1=O)Nc1cc(Br)ccc1Br. The van der Waals surface area contributed by atoms with Crippen LogP contribution in [0.4, 0.5) is 5.69 Å². The van der Waals surface area contributed by atoms with Crippen LogP contribution in [0, 0.1) is 0 Å². The lowest BCUT2D eigenvalue weighted by Gasteiger charge is -2.09. The molecule has 0 radical (unpaired) electrons. The van der Waals surface area contributed by atoms with Crippen LogP contribution in [0.2, 0.25) is 0 Å². The first-order valence-corrected chi connectivity index (χ1v) is 9.19. The lowest BCUT2D eigenvalue weighted by atomic mass is 10.3. The standard InChI is InChI=1S/C15H11Br2N3O2S/c16-9-1-2-11(17)12(7-9)19-13(21)3-5-20-8-18-14-10(15(20)22)4-6-23-14/h1-2,4,6-8H,3,5H2,(H,19,21). The highest BCUT2D eigenvalue weighted by Gasteiger charge is 2.09. The van der Waals surface area contributed by atoms with Gasteiger partial charge in [-0.2, -0.15) is 0 Å². The largest absolute Gasteiger partial charge is 0.325 e. The van der Waals surface area contributed by atoms with Crippen molar-refractivity contribution in [2.45, 2.75) is 13.0 Å². The van der Waals surface area contributed by atoms with Crippen molar-refractivity contribution >= 4 is 65.0 Å². The average molecular weight is 457 g/mol. The predicted octanol–water partition coefficient (Wildman–Crippen LogP) is 4.01. The maximum absolute atomic E-state index is 12.2. The molecule has 0 spiro atoms. The summed E-state index contributed by atoms with van der Waals surface area (Å²) in [5.41, 5.74) is 0.566. The van der Waals surface area contributed by atoms with Crippen LogP contribution in [0.15, 0.2) is 49.7 Å². The third-order valence-electron chi connectivity index (χ3n) is 3.23. The van der Waals surface area contributed by atoms with E-state index in [0.29, 0.717) is 15.9 Å². The van der Waals surface area contributed by atoms with E-state index >= 15 is 0 Å². The Bertz CT molecular complexity index is 936. The minimum absolute atomic E-state index is 0.118. The number of thiophene rings is 1. The normalized spacial score (nSPS) is 10.9. The van der Waals surface area contributed by atoms with Gasteiger partial charge < -0.3 is 5.32 Å². The van der Waals surface area contributed by atoms with E-state index in [9.17, 15) is 9.59 Å². The smallest absolute Gasteiger partial charge is 0.262 e. The van der Waals surface area contributed by atoms with Crippen LogP contribution in [0.1, 0.15) is 6.42 Å². The van der Waals surface area contributed by atoms with Crippen LogP contribution >= 0.6 is 43.2 Å². The Hall–Kier alpha value is -1.51. The number of amides is 1. The molecular weight excluding hydrogens is 446 g/mol. The van der Waals surface area contributed by atoms with Gasteiger partial charge >= 0.3 is 0 Å². The van der Waals surface area contributed by atoms with Crippen LogP contribution in [0.5, 0.6) is 0 Å². The monoisotopic (exact) mass is 455 g/mol. The van der Waals surface area contributed by atoms with Crippen molar-refractivity contribution in [3.8, 4) is 0 Å². The van der Waals surface area contributed by atoms with E-state index in [4.69, 9.17) is 0 Å². The van der Waals surface area contributed by atoms with Gasteiger partial charge in [-0.3, -0.25) is 14.2 Å². The van der Waals surface area contributed by atoms with E-state index in [0.717, 1.165) is 8.95 Å². The van der Waals surface area contributed by atoms with Gasteiger partial charge in [0.05, 0.1) is 17.4 Å². The van der Waals surface area contributed by atoms with E-state index in [-0.39, 0.29) is 24.4 Å². The van der Waals surface area contributed by atoms with Gasteiger partial charge in [0, 0.05) is 21.9 Å². The van der Waals surface area contributed by atoms with Crippen LogP contribution < -0.4 is 10.9 Å². The minimum atomic E-state index is -0.166. The highest BCUT2D eigenvalue weighted by atomic mass is 79.9. The summed E-state index contributed by atoms with van der Waals surface area (Å²) in [5.74, 6) is -0.166. The van der Waals surface area contributed by atoms with Crippen LogP contribution in [0.3, 0.4) is 0 Å². The molecule has 2 heterocycles. The van der Waals surface area contributed by atoms with Crippen molar-refractivity contribution < 1.29 is 4.79 Å². The molecule has 0 saturated carbocycles. The Morgan fingerprint density at radius 2 is 2.13 bits per heavy atom. The van der Waals surface area contributed by atoms with E-state index in [1.54, 1.807) is 6.07 Å². The Kier molecular flexibility index (Phi) is 4.93. The number of carbonyl (C=O) groups is 1. The average Bonchev–Trinajstić information content (AvgIpc) is 3.00. The summed E-state index contributed by atoms with van der Waals surface area (Å²) in [6, 6.07) is 7.29. The van der Waals surface area contributed by atoms with Crippen molar-refractivity contribution in [2.75, 3.05) is 5.32 Å². The number of carbonyl (C=O) groups excluding carboxylic acids is 1. The molecule has 3 rings (SSSR count). The summed E-state index contributed by atoms with van der Waals surface area (Å²) in [6.07, 6.45) is 1.68. The molecule has 23 heavy (non-hydrogen) atoms. The molecule has 0 bridgehead atoms. The van der Waals surface area contributed by atoms with E-state index in [2.05, 4.69) is 42.2 Å². The maximum Gasteiger partial charge on any atom is 0.262 e. The van der Waals surface area contributed by atoms with Crippen LogP contribution in [0.25, 0.3) is 10.2 Å². The van der Waals surface area contributed by atoms with Crippen LogP contribution in [-0.2, 0) is 11.3 Å². The van der Waals surface area contributed by atoms with Gasteiger partial charge in [0.25, 0.3) is 5.56 Å².